The largest absolute Gasteiger partial charge is 0.506 e. The second-order valence-electron chi connectivity index (χ2n) is 3.54. The van der Waals surface area contributed by atoms with Crippen molar-refractivity contribution in [3.05, 3.63) is 45.7 Å². The van der Waals surface area contributed by atoms with Gasteiger partial charge in [-0.3, -0.25) is 4.79 Å². The number of rotatable bonds is 2. The summed E-state index contributed by atoms with van der Waals surface area (Å²) in [5.74, 6) is 0.000199. The van der Waals surface area contributed by atoms with Gasteiger partial charge in [0, 0.05) is 18.2 Å². The highest BCUT2D eigenvalue weighted by Gasteiger charge is 2.05. The van der Waals surface area contributed by atoms with Crippen LogP contribution in [0.3, 0.4) is 0 Å². The lowest BCUT2D eigenvalue weighted by atomic mass is 10.1. The first-order valence-corrected chi connectivity index (χ1v) is 5.56. The van der Waals surface area contributed by atoms with Gasteiger partial charge in [0.05, 0.1) is 10.7 Å². The first-order valence-electron chi connectivity index (χ1n) is 5.19. The fourth-order valence-electron chi connectivity index (χ4n) is 1.50. The molecule has 5 heteroatoms. The van der Waals surface area contributed by atoms with Crippen LogP contribution >= 0.6 is 11.6 Å². The van der Waals surface area contributed by atoms with E-state index < -0.39 is 0 Å². The zero-order chi connectivity index (χ0) is 12.4. The fraction of sp³-hybridized carbons (Fsp3) is 0.167. The van der Waals surface area contributed by atoms with Gasteiger partial charge in [0.2, 0.25) is 0 Å². The highest BCUT2D eigenvalue weighted by molar-refractivity contribution is 6.32. The molecule has 0 aliphatic rings. The maximum Gasteiger partial charge on any atom is 0.266 e. The van der Waals surface area contributed by atoms with Crippen LogP contribution in [0.4, 0.5) is 0 Å². The summed E-state index contributed by atoms with van der Waals surface area (Å²) in [4.78, 5) is 11.4. The molecule has 0 saturated heterocycles. The van der Waals surface area contributed by atoms with E-state index in [2.05, 4.69) is 5.10 Å². The second-order valence-corrected chi connectivity index (χ2v) is 3.95. The molecule has 88 valence electrons. The van der Waals surface area contributed by atoms with Gasteiger partial charge in [-0.2, -0.15) is 5.10 Å². The number of hydrogen-bond acceptors (Lipinski definition) is 3. The monoisotopic (exact) mass is 250 g/mol. The molecule has 0 aliphatic heterocycles. The Bertz CT molecular complexity index is 608. The van der Waals surface area contributed by atoms with Gasteiger partial charge in [0.15, 0.2) is 0 Å². The Morgan fingerprint density at radius 2 is 2.12 bits per heavy atom. The summed E-state index contributed by atoms with van der Waals surface area (Å²) in [6.07, 6.45) is 0. The number of phenolic OH excluding ortho intramolecular Hbond substituents is 1. The van der Waals surface area contributed by atoms with Gasteiger partial charge >= 0.3 is 0 Å². The Hall–Kier alpha value is -1.81. The molecule has 17 heavy (non-hydrogen) atoms. The summed E-state index contributed by atoms with van der Waals surface area (Å²) in [6.45, 7) is 2.35. The smallest absolute Gasteiger partial charge is 0.266 e. The van der Waals surface area contributed by atoms with Crippen molar-refractivity contribution >= 4 is 11.6 Å². The van der Waals surface area contributed by atoms with Crippen molar-refractivity contribution < 1.29 is 5.11 Å². The van der Waals surface area contributed by atoms with Crippen LogP contribution in [0.25, 0.3) is 11.3 Å². The molecule has 0 atom stereocenters. The summed E-state index contributed by atoms with van der Waals surface area (Å²) in [5, 5.41) is 14.0. The molecule has 4 nitrogen and oxygen atoms in total. The Balaban J connectivity index is 2.53. The maximum absolute atomic E-state index is 11.4. The molecular formula is C12H11ClN2O2. The lowest BCUT2D eigenvalue weighted by Gasteiger charge is -2.05. The summed E-state index contributed by atoms with van der Waals surface area (Å²) in [5.41, 5.74) is 1.20. The van der Waals surface area contributed by atoms with Crippen molar-refractivity contribution in [3.8, 4) is 17.0 Å². The number of aromatic nitrogens is 2. The third-order valence-electron chi connectivity index (χ3n) is 2.41. The van der Waals surface area contributed by atoms with Crippen LogP contribution in [0.2, 0.25) is 5.02 Å². The zero-order valence-electron chi connectivity index (χ0n) is 9.22. The van der Waals surface area contributed by atoms with Crippen LogP contribution in [-0.2, 0) is 6.54 Å². The van der Waals surface area contributed by atoms with Crippen LogP contribution in [0.5, 0.6) is 5.75 Å². The standard InChI is InChI=1S/C12H11ClN2O2/c1-2-15-12(17)6-5-10(14-15)8-3-4-9(13)11(16)7-8/h3-7,16H,2H2,1H3. The predicted molar refractivity (Wildman–Crippen MR) is 66.3 cm³/mol. The third-order valence-corrected chi connectivity index (χ3v) is 2.73. The summed E-state index contributed by atoms with van der Waals surface area (Å²) in [7, 11) is 0. The highest BCUT2D eigenvalue weighted by atomic mass is 35.5. The molecule has 0 saturated carbocycles. The molecule has 0 radical (unpaired) electrons. The quantitative estimate of drug-likeness (QED) is 0.890. The van der Waals surface area contributed by atoms with Gasteiger partial charge in [-0.25, -0.2) is 4.68 Å². The van der Waals surface area contributed by atoms with E-state index in [-0.39, 0.29) is 16.3 Å². The van der Waals surface area contributed by atoms with E-state index in [1.165, 1.54) is 16.8 Å². The molecule has 1 aromatic carbocycles. The minimum Gasteiger partial charge on any atom is -0.506 e. The maximum atomic E-state index is 11.4. The minimum atomic E-state index is -0.144. The van der Waals surface area contributed by atoms with E-state index in [1.54, 1.807) is 18.2 Å². The topological polar surface area (TPSA) is 55.1 Å². The molecule has 1 aromatic heterocycles. The molecule has 1 heterocycles. The number of hydrogen-bond donors (Lipinski definition) is 1. The average Bonchev–Trinajstić information content (AvgIpc) is 2.33. The molecule has 0 amide bonds. The van der Waals surface area contributed by atoms with E-state index in [4.69, 9.17) is 11.6 Å². The Morgan fingerprint density at radius 3 is 2.76 bits per heavy atom. The molecule has 0 spiro atoms. The first-order chi connectivity index (χ1) is 8.11. The van der Waals surface area contributed by atoms with E-state index in [0.717, 1.165) is 0 Å². The highest BCUT2D eigenvalue weighted by Crippen LogP contribution is 2.27. The zero-order valence-corrected chi connectivity index (χ0v) is 9.98. The predicted octanol–water partition coefficient (Wildman–Crippen LogP) is 2.29. The lowest BCUT2D eigenvalue weighted by molar-refractivity contribution is 0.476. The molecule has 2 aromatic rings. The Morgan fingerprint density at radius 1 is 1.35 bits per heavy atom. The van der Waals surface area contributed by atoms with Crippen LogP contribution in [0.15, 0.2) is 35.1 Å². The van der Waals surface area contributed by atoms with Gasteiger partial charge in [0.25, 0.3) is 5.56 Å². The number of nitrogens with zero attached hydrogens (tertiary/aromatic N) is 2. The van der Waals surface area contributed by atoms with Crippen molar-refractivity contribution in [2.75, 3.05) is 0 Å². The van der Waals surface area contributed by atoms with Crippen LogP contribution in [-0.4, -0.2) is 14.9 Å². The van der Waals surface area contributed by atoms with E-state index in [0.29, 0.717) is 17.8 Å². The van der Waals surface area contributed by atoms with E-state index in [9.17, 15) is 9.90 Å². The number of halogens is 1. The van der Waals surface area contributed by atoms with Gasteiger partial charge in [0.1, 0.15) is 5.75 Å². The van der Waals surface area contributed by atoms with E-state index >= 15 is 0 Å². The van der Waals surface area contributed by atoms with Gasteiger partial charge in [-0.05, 0) is 25.1 Å². The molecule has 0 unspecified atom stereocenters. The second kappa shape index (κ2) is 4.59. The number of aromatic hydroxyl groups is 1. The van der Waals surface area contributed by atoms with Crippen molar-refractivity contribution in [3.63, 3.8) is 0 Å². The van der Waals surface area contributed by atoms with Gasteiger partial charge in [-0.15, -0.1) is 0 Å². The number of benzene rings is 1. The SMILES string of the molecule is CCn1nc(-c2ccc(Cl)c(O)c2)ccc1=O. The van der Waals surface area contributed by atoms with Gasteiger partial charge in [-0.1, -0.05) is 17.7 Å². The van der Waals surface area contributed by atoms with Gasteiger partial charge < -0.3 is 5.11 Å². The number of phenols is 1. The Labute approximate surface area is 103 Å². The van der Waals surface area contributed by atoms with Crippen molar-refractivity contribution in [2.45, 2.75) is 13.5 Å². The molecule has 0 aliphatic carbocycles. The van der Waals surface area contributed by atoms with Crippen molar-refractivity contribution in [2.24, 2.45) is 0 Å². The molecule has 0 fully saturated rings. The van der Waals surface area contributed by atoms with Crippen molar-refractivity contribution in [1.29, 1.82) is 0 Å². The van der Waals surface area contributed by atoms with Crippen molar-refractivity contribution in [1.82, 2.24) is 9.78 Å². The van der Waals surface area contributed by atoms with E-state index in [1.807, 2.05) is 6.92 Å². The summed E-state index contributed by atoms with van der Waals surface area (Å²) >= 11 is 5.73. The molecule has 1 N–H and O–H groups in total. The molecule has 2 rings (SSSR count). The minimum absolute atomic E-state index is 0.000199. The summed E-state index contributed by atoms with van der Waals surface area (Å²) in [6, 6.07) is 7.94. The molecule has 0 bridgehead atoms. The number of aryl methyl sites for hydroxylation is 1. The third kappa shape index (κ3) is 2.31. The van der Waals surface area contributed by atoms with Crippen LogP contribution in [0.1, 0.15) is 6.92 Å². The Kier molecular flexibility index (Phi) is 3.15. The molecular weight excluding hydrogens is 240 g/mol. The normalized spacial score (nSPS) is 10.5. The average molecular weight is 251 g/mol. The summed E-state index contributed by atoms with van der Waals surface area (Å²) < 4.78 is 1.36. The van der Waals surface area contributed by atoms with Crippen LogP contribution < -0.4 is 5.56 Å². The van der Waals surface area contributed by atoms with Crippen LogP contribution in [0, 0.1) is 0 Å². The lowest BCUT2D eigenvalue weighted by Crippen LogP contribution is -2.20. The fourth-order valence-corrected chi connectivity index (χ4v) is 1.62. The first kappa shape index (κ1) is 11.7.